The van der Waals surface area contributed by atoms with Crippen molar-refractivity contribution in [3.63, 3.8) is 0 Å². The standard InChI is InChI=1S/C10H10N2O2/c13-10(6-8-2-1-5-14-8)9-7-11-3-4-12-9/h1-5,7,10,13H,6H2. The summed E-state index contributed by atoms with van der Waals surface area (Å²) < 4.78 is 5.12. The van der Waals surface area contributed by atoms with Crippen LogP contribution < -0.4 is 0 Å². The van der Waals surface area contributed by atoms with E-state index in [0.717, 1.165) is 5.76 Å². The average molecular weight is 190 g/mol. The summed E-state index contributed by atoms with van der Waals surface area (Å²) in [5, 5.41) is 9.73. The van der Waals surface area contributed by atoms with Gasteiger partial charge in [0.15, 0.2) is 0 Å². The molecule has 0 fully saturated rings. The lowest BCUT2D eigenvalue weighted by Crippen LogP contribution is -2.03. The Kier molecular flexibility index (Phi) is 2.55. The number of nitrogens with zero attached hydrogens (tertiary/aromatic N) is 2. The smallest absolute Gasteiger partial charge is 0.106 e. The molecular formula is C10H10N2O2. The van der Waals surface area contributed by atoms with E-state index < -0.39 is 6.10 Å². The molecule has 0 saturated carbocycles. The van der Waals surface area contributed by atoms with Gasteiger partial charge in [0.05, 0.1) is 18.2 Å². The molecule has 0 aliphatic heterocycles. The molecule has 2 aromatic rings. The second-order valence-corrected chi connectivity index (χ2v) is 2.93. The fraction of sp³-hybridized carbons (Fsp3) is 0.200. The van der Waals surface area contributed by atoms with E-state index in [1.54, 1.807) is 30.9 Å². The van der Waals surface area contributed by atoms with Crippen LogP contribution in [0.25, 0.3) is 0 Å². The van der Waals surface area contributed by atoms with Crippen molar-refractivity contribution in [2.45, 2.75) is 12.5 Å². The highest BCUT2D eigenvalue weighted by atomic mass is 16.3. The third kappa shape index (κ3) is 1.97. The van der Waals surface area contributed by atoms with Gasteiger partial charge in [-0.2, -0.15) is 0 Å². The Morgan fingerprint density at radius 1 is 1.43 bits per heavy atom. The topological polar surface area (TPSA) is 59.2 Å². The summed E-state index contributed by atoms with van der Waals surface area (Å²) in [7, 11) is 0. The van der Waals surface area contributed by atoms with Crippen LogP contribution in [0.5, 0.6) is 0 Å². The van der Waals surface area contributed by atoms with E-state index in [2.05, 4.69) is 9.97 Å². The molecule has 0 saturated heterocycles. The number of hydrogen-bond acceptors (Lipinski definition) is 4. The highest BCUT2D eigenvalue weighted by Crippen LogP contribution is 2.15. The number of furan rings is 1. The number of hydrogen-bond donors (Lipinski definition) is 1. The highest BCUT2D eigenvalue weighted by Gasteiger charge is 2.11. The lowest BCUT2D eigenvalue weighted by molar-refractivity contribution is 0.165. The van der Waals surface area contributed by atoms with Gasteiger partial charge in [0.2, 0.25) is 0 Å². The van der Waals surface area contributed by atoms with E-state index in [9.17, 15) is 5.11 Å². The van der Waals surface area contributed by atoms with Gasteiger partial charge in [-0.15, -0.1) is 0 Å². The first-order valence-electron chi connectivity index (χ1n) is 4.32. The summed E-state index contributed by atoms with van der Waals surface area (Å²) in [5.41, 5.74) is 0.559. The van der Waals surface area contributed by atoms with E-state index in [1.807, 2.05) is 6.07 Å². The third-order valence-corrected chi connectivity index (χ3v) is 1.90. The summed E-state index contributed by atoms with van der Waals surface area (Å²) in [6.07, 6.45) is 6.02. The fourth-order valence-electron chi connectivity index (χ4n) is 1.21. The van der Waals surface area contributed by atoms with Crippen LogP contribution in [0.4, 0.5) is 0 Å². The minimum atomic E-state index is -0.658. The van der Waals surface area contributed by atoms with Gasteiger partial charge in [-0.25, -0.2) is 0 Å². The molecule has 2 aromatic heterocycles. The lowest BCUT2D eigenvalue weighted by atomic mass is 10.1. The van der Waals surface area contributed by atoms with Crippen LogP contribution in [0.2, 0.25) is 0 Å². The van der Waals surface area contributed by atoms with Crippen LogP contribution in [0.1, 0.15) is 17.6 Å². The first-order chi connectivity index (χ1) is 6.86. The monoisotopic (exact) mass is 190 g/mol. The maximum absolute atomic E-state index is 9.73. The van der Waals surface area contributed by atoms with E-state index in [4.69, 9.17) is 4.42 Å². The van der Waals surface area contributed by atoms with Crippen molar-refractivity contribution in [2.24, 2.45) is 0 Å². The Bertz CT molecular complexity index is 372. The molecule has 0 bridgehead atoms. The maximum Gasteiger partial charge on any atom is 0.106 e. The molecule has 2 heterocycles. The SMILES string of the molecule is OC(Cc1ccco1)c1cnccn1. The molecule has 2 rings (SSSR count). The molecule has 0 aliphatic rings. The highest BCUT2D eigenvalue weighted by molar-refractivity contribution is 5.06. The van der Waals surface area contributed by atoms with Crippen LogP contribution in [-0.4, -0.2) is 15.1 Å². The summed E-state index contributed by atoms with van der Waals surface area (Å²) >= 11 is 0. The fourth-order valence-corrected chi connectivity index (χ4v) is 1.21. The van der Waals surface area contributed by atoms with E-state index in [0.29, 0.717) is 12.1 Å². The molecule has 1 N–H and O–H groups in total. The van der Waals surface area contributed by atoms with Gasteiger partial charge < -0.3 is 9.52 Å². The molecule has 1 atom stereocenters. The van der Waals surface area contributed by atoms with Gasteiger partial charge in [-0.1, -0.05) is 0 Å². The van der Waals surface area contributed by atoms with Crippen molar-refractivity contribution in [3.8, 4) is 0 Å². The minimum absolute atomic E-state index is 0.422. The van der Waals surface area contributed by atoms with Crippen LogP contribution in [0.15, 0.2) is 41.4 Å². The van der Waals surface area contributed by atoms with Crippen molar-refractivity contribution in [1.29, 1.82) is 0 Å². The van der Waals surface area contributed by atoms with Crippen molar-refractivity contribution in [3.05, 3.63) is 48.4 Å². The van der Waals surface area contributed by atoms with Crippen molar-refractivity contribution in [2.75, 3.05) is 0 Å². The predicted octanol–water partition coefficient (Wildman–Crippen LogP) is 1.35. The maximum atomic E-state index is 9.73. The van der Waals surface area contributed by atoms with Crippen LogP contribution in [0.3, 0.4) is 0 Å². The molecule has 0 radical (unpaired) electrons. The van der Waals surface area contributed by atoms with Crippen molar-refractivity contribution in [1.82, 2.24) is 9.97 Å². The molecule has 0 spiro atoms. The molecule has 0 amide bonds. The Balaban J connectivity index is 2.07. The van der Waals surface area contributed by atoms with Gasteiger partial charge in [0.1, 0.15) is 11.9 Å². The van der Waals surface area contributed by atoms with Crippen LogP contribution >= 0.6 is 0 Å². The Hall–Kier alpha value is -1.68. The molecule has 4 nitrogen and oxygen atoms in total. The van der Waals surface area contributed by atoms with Gasteiger partial charge in [-0.05, 0) is 12.1 Å². The van der Waals surface area contributed by atoms with E-state index in [-0.39, 0.29) is 0 Å². The number of aromatic nitrogens is 2. The van der Waals surface area contributed by atoms with Gasteiger partial charge in [-0.3, -0.25) is 9.97 Å². The molecule has 0 aliphatic carbocycles. The molecular weight excluding hydrogens is 180 g/mol. The van der Waals surface area contributed by atoms with Crippen molar-refractivity contribution < 1.29 is 9.52 Å². The Morgan fingerprint density at radius 3 is 3.00 bits per heavy atom. The van der Waals surface area contributed by atoms with Crippen LogP contribution in [-0.2, 0) is 6.42 Å². The molecule has 1 unspecified atom stereocenters. The lowest BCUT2D eigenvalue weighted by Gasteiger charge is -2.06. The summed E-state index contributed by atoms with van der Waals surface area (Å²) in [5.74, 6) is 0.739. The number of aliphatic hydroxyl groups is 1. The average Bonchev–Trinajstić information content (AvgIpc) is 2.72. The first kappa shape index (κ1) is 8.90. The normalized spacial score (nSPS) is 12.6. The number of rotatable bonds is 3. The molecule has 14 heavy (non-hydrogen) atoms. The summed E-state index contributed by atoms with van der Waals surface area (Å²) in [6.45, 7) is 0. The van der Waals surface area contributed by atoms with E-state index in [1.165, 1.54) is 0 Å². The molecule has 72 valence electrons. The third-order valence-electron chi connectivity index (χ3n) is 1.90. The Morgan fingerprint density at radius 2 is 2.36 bits per heavy atom. The Labute approximate surface area is 81.2 Å². The van der Waals surface area contributed by atoms with Gasteiger partial charge in [0, 0.05) is 18.8 Å². The summed E-state index contributed by atoms with van der Waals surface area (Å²) in [6, 6.07) is 3.61. The summed E-state index contributed by atoms with van der Waals surface area (Å²) in [4.78, 5) is 7.89. The molecule has 0 aromatic carbocycles. The zero-order valence-electron chi connectivity index (χ0n) is 7.50. The van der Waals surface area contributed by atoms with E-state index >= 15 is 0 Å². The second-order valence-electron chi connectivity index (χ2n) is 2.93. The second kappa shape index (κ2) is 4.02. The predicted molar refractivity (Wildman–Crippen MR) is 49.4 cm³/mol. The largest absolute Gasteiger partial charge is 0.469 e. The zero-order chi connectivity index (χ0) is 9.80. The zero-order valence-corrected chi connectivity index (χ0v) is 7.50. The van der Waals surface area contributed by atoms with Gasteiger partial charge in [0.25, 0.3) is 0 Å². The van der Waals surface area contributed by atoms with Gasteiger partial charge >= 0.3 is 0 Å². The number of aliphatic hydroxyl groups excluding tert-OH is 1. The quantitative estimate of drug-likeness (QED) is 0.793. The van der Waals surface area contributed by atoms with Crippen molar-refractivity contribution >= 4 is 0 Å². The minimum Gasteiger partial charge on any atom is -0.469 e. The van der Waals surface area contributed by atoms with Crippen LogP contribution in [0, 0.1) is 0 Å². The molecule has 4 heteroatoms. The first-order valence-corrected chi connectivity index (χ1v) is 4.32.